The van der Waals surface area contributed by atoms with Crippen molar-refractivity contribution in [3.63, 3.8) is 0 Å². The third-order valence-corrected chi connectivity index (χ3v) is 3.36. The first-order valence-electron chi connectivity index (χ1n) is 6.66. The van der Waals surface area contributed by atoms with E-state index in [-0.39, 0.29) is 17.2 Å². The van der Waals surface area contributed by atoms with E-state index in [9.17, 15) is 14.7 Å². The van der Waals surface area contributed by atoms with Crippen molar-refractivity contribution >= 4 is 22.6 Å². The molecule has 0 spiro atoms. The molecule has 0 fully saturated rings. The lowest BCUT2D eigenvalue weighted by Crippen LogP contribution is -2.44. The maximum absolute atomic E-state index is 12.2. The van der Waals surface area contributed by atoms with E-state index < -0.39 is 17.9 Å². The molecule has 3 N–H and O–H groups in total. The highest BCUT2D eigenvalue weighted by molar-refractivity contribution is 6.04. The van der Waals surface area contributed by atoms with Crippen LogP contribution in [0.1, 0.15) is 24.2 Å². The van der Waals surface area contributed by atoms with Crippen molar-refractivity contribution in [3.8, 4) is 5.75 Å². The summed E-state index contributed by atoms with van der Waals surface area (Å²) in [6.45, 7) is 3.42. The largest absolute Gasteiger partial charge is 0.506 e. The fourth-order valence-corrected chi connectivity index (χ4v) is 2.17. The second kappa shape index (κ2) is 5.83. The van der Waals surface area contributed by atoms with Crippen LogP contribution in [0.4, 0.5) is 0 Å². The van der Waals surface area contributed by atoms with E-state index in [2.05, 4.69) is 5.32 Å². The van der Waals surface area contributed by atoms with Gasteiger partial charge in [0, 0.05) is 5.39 Å². The van der Waals surface area contributed by atoms with E-state index >= 15 is 0 Å². The highest BCUT2D eigenvalue weighted by atomic mass is 16.4. The van der Waals surface area contributed by atoms with E-state index in [1.807, 2.05) is 12.1 Å². The summed E-state index contributed by atoms with van der Waals surface area (Å²) in [5.74, 6) is -2.09. The van der Waals surface area contributed by atoms with E-state index in [0.717, 1.165) is 5.39 Å². The number of carbonyl (C=O) groups excluding carboxylic acids is 1. The van der Waals surface area contributed by atoms with Gasteiger partial charge in [-0.3, -0.25) is 4.79 Å². The third-order valence-electron chi connectivity index (χ3n) is 3.36. The van der Waals surface area contributed by atoms with Crippen LogP contribution in [0.2, 0.25) is 0 Å². The highest BCUT2D eigenvalue weighted by Crippen LogP contribution is 2.28. The van der Waals surface area contributed by atoms with Gasteiger partial charge < -0.3 is 15.5 Å². The number of phenolic OH excluding ortho intramolecular Hbond substituents is 1. The second-order valence-electron chi connectivity index (χ2n) is 5.22. The topological polar surface area (TPSA) is 86.6 Å². The van der Waals surface area contributed by atoms with Crippen molar-refractivity contribution in [2.24, 2.45) is 5.92 Å². The summed E-state index contributed by atoms with van der Waals surface area (Å²) in [4.78, 5) is 23.3. The fourth-order valence-electron chi connectivity index (χ4n) is 2.17. The Bertz CT molecular complexity index is 694. The molecule has 1 atom stereocenters. The van der Waals surface area contributed by atoms with Gasteiger partial charge in [0.1, 0.15) is 11.8 Å². The molecule has 0 saturated carbocycles. The Balaban J connectivity index is 2.35. The Labute approximate surface area is 122 Å². The minimum absolute atomic E-state index is 0.0700. The lowest BCUT2D eigenvalue weighted by molar-refractivity contribution is -0.140. The average molecular weight is 287 g/mol. The molecule has 0 aromatic heterocycles. The first-order valence-corrected chi connectivity index (χ1v) is 6.66. The number of carboxylic acids is 1. The highest BCUT2D eigenvalue weighted by Gasteiger charge is 2.25. The molecular formula is C16H17NO4. The molecular weight excluding hydrogens is 270 g/mol. The standard InChI is InChI=1S/C16H17NO4/c1-9(2)13(16(20)21)17-15(19)12-8-7-10-5-3-4-6-11(10)14(12)18/h3-9,13,18H,1-2H3,(H,17,19)(H,20,21)/t13-/m0/s1. The van der Waals surface area contributed by atoms with Gasteiger partial charge >= 0.3 is 5.97 Å². The Morgan fingerprint density at radius 1 is 1.10 bits per heavy atom. The number of fused-ring (bicyclic) bond motifs is 1. The normalized spacial score (nSPS) is 12.3. The minimum Gasteiger partial charge on any atom is -0.506 e. The Morgan fingerprint density at radius 2 is 1.76 bits per heavy atom. The number of nitrogens with one attached hydrogen (secondary N) is 1. The summed E-state index contributed by atoms with van der Waals surface area (Å²) < 4.78 is 0. The van der Waals surface area contributed by atoms with Gasteiger partial charge in [0.15, 0.2) is 0 Å². The van der Waals surface area contributed by atoms with Gasteiger partial charge in [-0.25, -0.2) is 4.79 Å². The predicted molar refractivity (Wildman–Crippen MR) is 79.3 cm³/mol. The summed E-state index contributed by atoms with van der Waals surface area (Å²) in [5.41, 5.74) is 0.0700. The zero-order valence-electron chi connectivity index (χ0n) is 11.8. The van der Waals surface area contributed by atoms with E-state index in [1.54, 1.807) is 32.0 Å². The number of hydrogen-bond donors (Lipinski definition) is 3. The van der Waals surface area contributed by atoms with Gasteiger partial charge in [0.25, 0.3) is 5.91 Å². The number of phenols is 1. The van der Waals surface area contributed by atoms with Crippen LogP contribution in [0.15, 0.2) is 36.4 Å². The molecule has 1 amide bonds. The molecule has 5 heteroatoms. The van der Waals surface area contributed by atoms with Gasteiger partial charge in [0.05, 0.1) is 5.56 Å². The minimum atomic E-state index is -1.10. The number of carbonyl (C=O) groups is 2. The van der Waals surface area contributed by atoms with E-state index in [1.165, 1.54) is 6.07 Å². The van der Waals surface area contributed by atoms with Crippen LogP contribution in [0.3, 0.4) is 0 Å². The molecule has 2 rings (SSSR count). The number of aromatic hydroxyl groups is 1. The van der Waals surface area contributed by atoms with Crippen molar-refractivity contribution in [2.75, 3.05) is 0 Å². The molecule has 21 heavy (non-hydrogen) atoms. The van der Waals surface area contributed by atoms with Crippen LogP contribution in [0, 0.1) is 5.92 Å². The average Bonchev–Trinajstić information content (AvgIpc) is 2.44. The molecule has 0 aliphatic rings. The van der Waals surface area contributed by atoms with Gasteiger partial charge in [-0.05, 0) is 17.4 Å². The first kappa shape index (κ1) is 14.8. The van der Waals surface area contributed by atoms with Crippen molar-refractivity contribution in [3.05, 3.63) is 42.0 Å². The van der Waals surface area contributed by atoms with E-state index in [0.29, 0.717) is 5.39 Å². The summed E-state index contributed by atoms with van der Waals surface area (Å²) in [7, 11) is 0. The number of amides is 1. The van der Waals surface area contributed by atoms with Crippen LogP contribution in [-0.2, 0) is 4.79 Å². The van der Waals surface area contributed by atoms with Crippen LogP contribution in [0.25, 0.3) is 10.8 Å². The SMILES string of the molecule is CC(C)[C@H](NC(=O)c1ccc2ccccc2c1O)C(=O)O. The zero-order chi connectivity index (χ0) is 15.6. The lowest BCUT2D eigenvalue weighted by Gasteiger charge is -2.18. The van der Waals surface area contributed by atoms with Crippen molar-refractivity contribution in [2.45, 2.75) is 19.9 Å². The van der Waals surface area contributed by atoms with Crippen molar-refractivity contribution in [1.29, 1.82) is 0 Å². The van der Waals surface area contributed by atoms with Gasteiger partial charge in [0.2, 0.25) is 0 Å². The first-order chi connectivity index (χ1) is 9.91. The fraction of sp³-hybridized carbons (Fsp3) is 0.250. The van der Waals surface area contributed by atoms with Crippen molar-refractivity contribution < 1.29 is 19.8 Å². The Kier molecular flexibility index (Phi) is 4.12. The number of hydrogen-bond acceptors (Lipinski definition) is 3. The number of aliphatic carboxylic acids is 1. The number of rotatable bonds is 4. The summed E-state index contributed by atoms with van der Waals surface area (Å²) in [6.07, 6.45) is 0. The maximum Gasteiger partial charge on any atom is 0.326 e. The zero-order valence-corrected chi connectivity index (χ0v) is 11.8. The van der Waals surface area contributed by atoms with Gasteiger partial charge in [-0.15, -0.1) is 0 Å². The second-order valence-corrected chi connectivity index (χ2v) is 5.22. The molecule has 0 aliphatic heterocycles. The molecule has 0 radical (unpaired) electrons. The van der Waals surface area contributed by atoms with Gasteiger partial charge in [-0.1, -0.05) is 44.2 Å². The van der Waals surface area contributed by atoms with Crippen LogP contribution >= 0.6 is 0 Å². The molecule has 0 heterocycles. The molecule has 2 aromatic carbocycles. The summed E-state index contributed by atoms with van der Waals surface area (Å²) in [5, 5.41) is 23.1. The monoisotopic (exact) mass is 287 g/mol. The maximum atomic E-state index is 12.2. The summed E-state index contributed by atoms with van der Waals surface area (Å²) >= 11 is 0. The molecule has 110 valence electrons. The molecule has 0 bridgehead atoms. The Morgan fingerprint density at radius 3 is 2.38 bits per heavy atom. The lowest BCUT2D eigenvalue weighted by atomic mass is 10.0. The molecule has 5 nitrogen and oxygen atoms in total. The number of benzene rings is 2. The van der Waals surface area contributed by atoms with Crippen molar-refractivity contribution in [1.82, 2.24) is 5.32 Å². The predicted octanol–water partition coefficient (Wildman–Crippen LogP) is 2.38. The van der Waals surface area contributed by atoms with Crippen LogP contribution < -0.4 is 5.32 Å². The van der Waals surface area contributed by atoms with Crippen LogP contribution in [0.5, 0.6) is 5.75 Å². The summed E-state index contributed by atoms with van der Waals surface area (Å²) in [6, 6.07) is 9.34. The molecule has 0 saturated heterocycles. The molecule has 2 aromatic rings. The quantitative estimate of drug-likeness (QED) is 0.805. The van der Waals surface area contributed by atoms with Gasteiger partial charge in [-0.2, -0.15) is 0 Å². The Hall–Kier alpha value is -2.56. The molecule has 0 unspecified atom stereocenters. The van der Waals surface area contributed by atoms with E-state index in [4.69, 9.17) is 5.11 Å². The van der Waals surface area contributed by atoms with Crippen LogP contribution in [-0.4, -0.2) is 28.1 Å². The third kappa shape index (κ3) is 2.97. The smallest absolute Gasteiger partial charge is 0.326 e. The number of carboxylic acid groups (broad SMARTS) is 1. The molecule has 0 aliphatic carbocycles.